The van der Waals surface area contributed by atoms with Crippen LogP contribution in [0.4, 0.5) is 0 Å². The van der Waals surface area contributed by atoms with Crippen LogP contribution in [-0.2, 0) is 19.4 Å². The Morgan fingerprint density at radius 1 is 1.26 bits per heavy atom. The predicted octanol–water partition coefficient (Wildman–Crippen LogP) is 3.60. The molecule has 1 heterocycles. The standard InChI is InChI=1S/C16H18N2.ClH/c1-2-13-4-5-15-9-12(8-14(3-1)16(13)15)10-18-7-6-17-11-18;/h1-3,6-7,11-12,15H,4-5,8-10H2;1H. The minimum atomic E-state index is 0. The van der Waals surface area contributed by atoms with Crippen molar-refractivity contribution in [1.29, 1.82) is 0 Å². The third-order valence-electron chi connectivity index (χ3n) is 4.61. The number of rotatable bonds is 2. The van der Waals surface area contributed by atoms with Crippen LogP contribution < -0.4 is 0 Å². The molecule has 0 fully saturated rings. The quantitative estimate of drug-likeness (QED) is 0.818. The Balaban J connectivity index is 0.00000110. The predicted molar refractivity (Wildman–Crippen MR) is 78.8 cm³/mol. The number of benzene rings is 1. The zero-order valence-electron chi connectivity index (χ0n) is 11.0. The fraction of sp³-hybridized carbons (Fsp3) is 0.438. The average molecular weight is 275 g/mol. The van der Waals surface area contributed by atoms with Crippen LogP contribution in [0.15, 0.2) is 36.9 Å². The summed E-state index contributed by atoms with van der Waals surface area (Å²) in [6, 6.07) is 6.92. The van der Waals surface area contributed by atoms with Crippen LogP contribution in [0.1, 0.15) is 35.4 Å². The summed E-state index contributed by atoms with van der Waals surface area (Å²) in [7, 11) is 0. The van der Waals surface area contributed by atoms with E-state index in [4.69, 9.17) is 0 Å². The van der Waals surface area contributed by atoms with Crippen LogP contribution in [-0.4, -0.2) is 9.55 Å². The molecule has 19 heavy (non-hydrogen) atoms. The fourth-order valence-electron chi connectivity index (χ4n) is 3.93. The highest BCUT2D eigenvalue weighted by molar-refractivity contribution is 5.85. The number of aromatic nitrogens is 2. The largest absolute Gasteiger partial charge is 0.337 e. The van der Waals surface area contributed by atoms with Crippen molar-refractivity contribution in [3.05, 3.63) is 53.6 Å². The summed E-state index contributed by atoms with van der Waals surface area (Å²) in [5, 5.41) is 0. The topological polar surface area (TPSA) is 17.8 Å². The molecule has 0 N–H and O–H groups in total. The highest BCUT2D eigenvalue weighted by Crippen LogP contribution is 2.44. The zero-order chi connectivity index (χ0) is 11.9. The normalized spacial score (nSPS) is 23.8. The minimum Gasteiger partial charge on any atom is -0.337 e. The number of imidazole rings is 1. The summed E-state index contributed by atoms with van der Waals surface area (Å²) in [4.78, 5) is 4.14. The van der Waals surface area contributed by atoms with Crippen molar-refractivity contribution in [3.8, 4) is 0 Å². The third kappa shape index (κ3) is 2.18. The second-order valence-corrected chi connectivity index (χ2v) is 5.79. The Kier molecular flexibility index (Phi) is 3.36. The average Bonchev–Trinajstić information content (AvgIpc) is 3.01. The molecule has 0 saturated carbocycles. The van der Waals surface area contributed by atoms with Gasteiger partial charge in [-0.2, -0.15) is 0 Å². The van der Waals surface area contributed by atoms with E-state index in [-0.39, 0.29) is 12.4 Å². The van der Waals surface area contributed by atoms with Crippen LogP contribution >= 0.6 is 12.4 Å². The number of hydrogen-bond donors (Lipinski definition) is 0. The lowest BCUT2D eigenvalue weighted by Crippen LogP contribution is -2.21. The Labute approximate surface area is 120 Å². The van der Waals surface area contributed by atoms with Crippen LogP contribution in [0.2, 0.25) is 0 Å². The summed E-state index contributed by atoms with van der Waals surface area (Å²) in [5.41, 5.74) is 4.95. The zero-order valence-corrected chi connectivity index (χ0v) is 11.8. The van der Waals surface area contributed by atoms with E-state index in [0.29, 0.717) is 0 Å². The maximum atomic E-state index is 4.14. The van der Waals surface area contributed by atoms with Gasteiger partial charge in [0.25, 0.3) is 0 Å². The van der Waals surface area contributed by atoms with Gasteiger partial charge < -0.3 is 4.57 Å². The molecule has 1 aromatic carbocycles. The lowest BCUT2D eigenvalue weighted by atomic mass is 9.78. The first-order valence-electron chi connectivity index (χ1n) is 6.96. The molecule has 3 heteroatoms. The van der Waals surface area contributed by atoms with Gasteiger partial charge in [-0.1, -0.05) is 18.2 Å². The molecule has 0 saturated heterocycles. The molecule has 0 amide bonds. The van der Waals surface area contributed by atoms with Gasteiger partial charge in [-0.25, -0.2) is 4.98 Å². The summed E-state index contributed by atoms with van der Waals surface area (Å²) in [5.74, 6) is 1.61. The molecule has 2 aromatic rings. The molecule has 2 unspecified atom stereocenters. The molecular weight excluding hydrogens is 256 g/mol. The summed E-state index contributed by atoms with van der Waals surface area (Å²) >= 11 is 0. The van der Waals surface area contributed by atoms with E-state index in [1.807, 2.05) is 12.5 Å². The van der Waals surface area contributed by atoms with E-state index in [9.17, 15) is 0 Å². The molecule has 2 aliphatic carbocycles. The lowest BCUT2D eigenvalue weighted by molar-refractivity contribution is 0.356. The molecule has 0 aliphatic heterocycles. The lowest BCUT2D eigenvalue weighted by Gasteiger charge is -2.29. The van der Waals surface area contributed by atoms with Gasteiger partial charge in [0.2, 0.25) is 0 Å². The van der Waals surface area contributed by atoms with Crippen LogP contribution in [0.5, 0.6) is 0 Å². The van der Waals surface area contributed by atoms with E-state index in [1.165, 1.54) is 25.7 Å². The fourth-order valence-corrected chi connectivity index (χ4v) is 3.93. The number of halogens is 1. The van der Waals surface area contributed by atoms with Gasteiger partial charge in [0.05, 0.1) is 6.33 Å². The Morgan fingerprint density at radius 2 is 2.16 bits per heavy atom. The monoisotopic (exact) mass is 274 g/mol. The highest BCUT2D eigenvalue weighted by atomic mass is 35.5. The molecule has 2 nitrogen and oxygen atoms in total. The first-order valence-corrected chi connectivity index (χ1v) is 6.96. The number of hydrogen-bond acceptors (Lipinski definition) is 1. The molecule has 2 atom stereocenters. The second-order valence-electron chi connectivity index (χ2n) is 5.79. The van der Waals surface area contributed by atoms with E-state index in [2.05, 4.69) is 33.9 Å². The Hall–Kier alpha value is -1.28. The van der Waals surface area contributed by atoms with Gasteiger partial charge in [-0.15, -0.1) is 12.4 Å². The van der Waals surface area contributed by atoms with Gasteiger partial charge in [-0.05, 0) is 54.2 Å². The molecule has 0 spiro atoms. The summed E-state index contributed by atoms with van der Waals surface area (Å²) in [6.07, 6.45) is 11.2. The van der Waals surface area contributed by atoms with Crippen molar-refractivity contribution in [3.63, 3.8) is 0 Å². The summed E-state index contributed by atoms with van der Waals surface area (Å²) < 4.78 is 2.23. The van der Waals surface area contributed by atoms with Crippen molar-refractivity contribution in [2.45, 2.75) is 38.1 Å². The van der Waals surface area contributed by atoms with Gasteiger partial charge >= 0.3 is 0 Å². The molecule has 0 radical (unpaired) electrons. The molecule has 1 aromatic heterocycles. The van der Waals surface area contributed by atoms with Gasteiger partial charge in [0.15, 0.2) is 0 Å². The number of nitrogens with zero attached hydrogens (tertiary/aromatic N) is 2. The van der Waals surface area contributed by atoms with Crippen molar-refractivity contribution in [2.75, 3.05) is 0 Å². The van der Waals surface area contributed by atoms with Crippen molar-refractivity contribution in [1.82, 2.24) is 9.55 Å². The van der Waals surface area contributed by atoms with E-state index in [1.54, 1.807) is 16.7 Å². The molecule has 0 bridgehead atoms. The van der Waals surface area contributed by atoms with Gasteiger partial charge in [-0.3, -0.25) is 0 Å². The van der Waals surface area contributed by atoms with E-state index < -0.39 is 0 Å². The van der Waals surface area contributed by atoms with Crippen molar-refractivity contribution < 1.29 is 0 Å². The first-order chi connectivity index (χ1) is 8.90. The molecule has 100 valence electrons. The Bertz CT molecular complexity index is 562. The molecular formula is C16H19ClN2. The van der Waals surface area contributed by atoms with Crippen LogP contribution in [0, 0.1) is 5.92 Å². The van der Waals surface area contributed by atoms with Crippen molar-refractivity contribution in [2.24, 2.45) is 5.92 Å². The summed E-state index contributed by atoms with van der Waals surface area (Å²) in [6.45, 7) is 1.13. The van der Waals surface area contributed by atoms with Crippen LogP contribution in [0.3, 0.4) is 0 Å². The number of aryl methyl sites for hydroxylation is 1. The minimum absolute atomic E-state index is 0. The second kappa shape index (κ2) is 5.01. The van der Waals surface area contributed by atoms with Crippen LogP contribution in [0.25, 0.3) is 0 Å². The van der Waals surface area contributed by atoms with Crippen molar-refractivity contribution >= 4 is 12.4 Å². The van der Waals surface area contributed by atoms with E-state index >= 15 is 0 Å². The third-order valence-corrected chi connectivity index (χ3v) is 4.61. The molecule has 4 rings (SSSR count). The highest BCUT2D eigenvalue weighted by Gasteiger charge is 2.32. The SMILES string of the molecule is Cl.c1cc2c3c(c1)CC(Cn1ccnc1)CC3CC2. The Morgan fingerprint density at radius 3 is 3.00 bits per heavy atom. The smallest absolute Gasteiger partial charge is 0.0945 e. The maximum absolute atomic E-state index is 4.14. The maximum Gasteiger partial charge on any atom is 0.0945 e. The van der Waals surface area contributed by atoms with Gasteiger partial charge in [0.1, 0.15) is 0 Å². The first kappa shape index (κ1) is 12.7. The van der Waals surface area contributed by atoms with Gasteiger partial charge in [0, 0.05) is 18.9 Å². The molecule has 2 aliphatic rings. The van der Waals surface area contributed by atoms with E-state index in [0.717, 1.165) is 18.4 Å².